The molecular formula is C16H21FN2O. The van der Waals surface area contributed by atoms with Crippen molar-refractivity contribution in [2.45, 2.75) is 44.2 Å². The number of piperidine rings is 1. The number of hydrogen-bond donors (Lipinski definition) is 1. The summed E-state index contributed by atoms with van der Waals surface area (Å²) in [4.78, 5) is 14.3. The Morgan fingerprint density at radius 1 is 1.20 bits per heavy atom. The Morgan fingerprint density at radius 3 is 2.65 bits per heavy atom. The summed E-state index contributed by atoms with van der Waals surface area (Å²) in [6.45, 7) is 1.58. The van der Waals surface area contributed by atoms with Crippen molar-refractivity contribution in [1.29, 1.82) is 0 Å². The summed E-state index contributed by atoms with van der Waals surface area (Å²) >= 11 is 0. The van der Waals surface area contributed by atoms with Crippen LogP contribution in [-0.4, -0.2) is 36.0 Å². The van der Waals surface area contributed by atoms with E-state index in [9.17, 15) is 9.18 Å². The molecule has 0 radical (unpaired) electrons. The lowest BCUT2D eigenvalue weighted by Gasteiger charge is -2.33. The van der Waals surface area contributed by atoms with Crippen LogP contribution in [0.3, 0.4) is 0 Å². The molecule has 1 saturated heterocycles. The van der Waals surface area contributed by atoms with E-state index in [0.717, 1.165) is 37.9 Å². The molecule has 1 aliphatic heterocycles. The van der Waals surface area contributed by atoms with Gasteiger partial charge >= 0.3 is 0 Å². The van der Waals surface area contributed by atoms with Crippen molar-refractivity contribution in [3.63, 3.8) is 0 Å². The molecule has 20 heavy (non-hydrogen) atoms. The molecule has 3 nitrogen and oxygen atoms in total. The van der Waals surface area contributed by atoms with Gasteiger partial charge in [-0.25, -0.2) is 4.39 Å². The Balaban J connectivity index is 1.53. The van der Waals surface area contributed by atoms with Crippen molar-refractivity contribution >= 4 is 5.91 Å². The first-order valence-electron chi connectivity index (χ1n) is 7.51. The second-order valence-electron chi connectivity index (χ2n) is 5.84. The van der Waals surface area contributed by atoms with Gasteiger partial charge in [0, 0.05) is 19.1 Å². The third-order valence-corrected chi connectivity index (χ3v) is 4.13. The molecule has 1 aromatic rings. The van der Waals surface area contributed by atoms with Gasteiger partial charge in [0.05, 0.1) is 6.04 Å². The maximum atomic E-state index is 12.8. The fourth-order valence-electron chi connectivity index (χ4n) is 2.77. The zero-order valence-electron chi connectivity index (χ0n) is 11.6. The van der Waals surface area contributed by atoms with Crippen LogP contribution in [0.4, 0.5) is 4.39 Å². The van der Waals surface area contributed by atoms with E-state index in [1.165, 1.54) is 25.0 Å². The summed E-state index contributed by atoms with van der Waals surface area (Å²) in [6, 6.07) is 7.13. The van der Waals surface area contributed by atoms with E-state index in [1.807, 2.05) is 4.90 Å². The van der Waals surface area contributed by atoms with Gasteiger partial charge in [0.15, 0.2) is 0 Å². The van der Waals surface area contributed by atoms with E-state index < -0.39 is 0 Å². The SMILES string of the molecule is O=C1C(NC2CC2)CCCN1CCc1ccc(F)cc1. The van der Waals surface area contributed by atoms with Crippen LogP contribution in [0.15, 0.2) is 24.3 Å². The third-order valence-electron chi connectivity index (χ3n) is 4.13. The zero-order valence-corrected chi connectivity index (χ0v) is 11.6. The number of hydrogen-bond acceptors (Lipinski definition) is 2. The average Bonchev–Trinajstić information content (AvgIpc) is 3.26. The van der Waals surface area contributed by atoms with Gasteiger partial charge in [-0.3, -0.25) is 4.79 Å². The van der Waals surface area contributed by atoms with Crippen molar-refractivity contribution in [3.8, 4) is 0 Å². The summed E-state index contributed by atoms with van der Waals surface area (Å²) in [6.07, 6.45) is 5.24. The van der Waals surface area contributed by atoms with Crippen LogP contribution in [0.5, 0.6) is 0 Å². The normalized spacial score (nSPS) is 23.1. The van der Waals surface area contributed by atoms with Gasteiger partial charge in [-0.05, 0) is 49.8 Å². The lowest BCUT2D eigenvalue weighted by atomic mass is 10.0. The molecule has 2 aliphatic rings. The highest BCUT2D eigenvalue weighted by atomic mass is 19.1. The van der Waals surface area contributed by atoms with Gasteiger partial charge in [0.1, 0.15) is 5.82 Å². The number of amides is 1. The molecule has 1 amide bonds. The Labute approximate surface area is 119 Å². The van der Waals surface area contributed by atoms with Gasteiger partial charge in [-0.2, -0.15) is 0 Å². The minimum atomic E-state index is -0.212. The van der Waals surface area contributed by atoms with Crippen LogP contribution >= 0.6 is 0 Å². The molecular weight excluding hydrogens is 255 g/mol. The Kier molecular flexibility index (Phi) is 4.01. The predicted octanol–water partition coefficient (Wildman–Crippen LogP) is 2.11. The molecule has 1 saturated carbocycles. The summed E-state index contributed by atoms with van der Waals surface area (Å²) in [7, 11) is 0. The van der Waals surface area contributed by atoms with Crippen LogP contribution in [-0.2, 0) is 11.2 Å². The first-order chi connectivity index (χ1) is 9.72. The summed E-state index contributed by atoms with van der Waals surface area (Å²) in [5.41, 5.74) is 1.08. The number of likely N-dealkylation sites (tertiary alicyclic amines) is 1. The first kappa shape index (κ1) is 13.6. The van der Waals surface area contributed by atoms with Crippen LogP contribution in [0.1, 0.15) is 31.2 Å². The predicted molar refractivity (Wildman–Crippen MR) is 75.9 cm³/mol. The second kappa shape index (κ2) is 5.92. The van der Waals surface area contributed by atoms with E-state index in [2.05, 4.69) is 5.32 Å². The van der Waals surface area contributed by atoms with Crippen LogP contribution < -0.4 is 5.32 Å². The van der Waals surface area contributed by atoms with E-state index >= 15 is 0 Å². The second-order valence-corrected chi connectivity index (χ2v) is 5.84. The minimum absolute atomic E-state index is 0.0180. The van der Waals surface area contributed by atoms with Crippen molar-refractivity contribution in [2.24, 2.45) is 0 Å². The van der Waals surface area contributed by atoms with Crippen LogP contribution in [0.25, 0.3) is 0 Å². The number of nitrogens with zero attached hydrogens (tertiary/aromatic N) is 1. The van der Waals surface area contributed by atoms with Crippen molar-refractivity contribution in [3.05, 3.63) is 35.6 Å². The number of benzene rings is 1. The molecule has 108 valence electrons. The Bertz CT molecular complexity index is 470. The van der Waals surface area contributed by atoms with E-state index in [4.69, 9.17) is 0 Å². The topological polar surface area (TPSA) is 32.3 Å². The maximum Gasteiger partial charge on any atom is 0.239 e. The fraction of sp³-hybridized carbons (Fsp3) is 0.562. The van der Waals surface area contributed by atoms with Crippen LogP contribution in [0.2, 0.25) is 0 Å². The smallest absolute Gasteiger partial charge is 0.239 e. The summed E-state index contributed by atoms with van der Waals surface area (Å²) in [5.74, 6) is 0.0294. The van der Waals surface area contributed by atoms with Gasteiger partial charge in [0.2, 0.25) is 5.91 Å². The molecule has 1 aliphatic carbocycles. The lowest BCUT2D eigenvalue weighted by molar-refractivity contribution is -0.136. The summed E-state index contributed by atoms with van der Waals surface area (Å²) < 4.78 is 12.8. The van der Waals surface area contributed by atoms with E-state index in [-0.39, 0.29) is 17.8 Å². The molecule has 0 aromatic heterocycles. The quantitative estimate of drug-likeness (QED) is 0.893. The third kappa shape index (κ3) is 3.37. The molecule has 1 N–H and O–H groups in total. The number of carbonyl (C=O) groups is 1. The molecule has 1 aromatic carbocycles. The van der Waals surface area contributed by atoms with Gasteiger partial charge in [-0.1, -0.05) is 12.1 Å². The van der Waals surface area contributed by atoms with Crippen molar-refractivity contribution < 1.29 is 9.18 Å². The Morgan fingerprint density at radius 2 is 1.95 bits per heavy atom. The van der Waals surface area contributed by atoms with Gasteiger partial charge in [-0.15, -0.1) is 0 Å². The first-order valence-corrected chi connectivity index (χ1v) is 7.51. The molecule has 1 heterocycles. The standard InChI is InChI=1S/C16H21FN2O/c17-13-5-3-12(4-6-13)9-11-19-10-1-2-15(16(19)20)18-14-7-8-14/h3-6,14-15,18H,1-2,7-11H2. The van der Waals surface area contributed by atoms with Gasteiger partial charge < -0.3 is 10.2 Å². The fourth-order valence-corrected chi connectivity index (χ4v) is 2.77. The lowest BCUT2D eigenvalue weighted by Crippen LogP contribution is -2.51. The monoisotopic (exact) mass is 276 g/mol. The zero-order chi connectivity index (χ0) is 13.9. The van der Waals surface area contributed by atoms with Crippen molar-refractivity contribution in [2.75, 3.05) is 13.1 Å². The molecule has 0 spiro atoms. The number of halogens is 1. The van der Waals surface area contributed by atoms with Crippen molar-refractivity contribution in [1.82, 2.24) is 10.2 Å². The largest absolute Gasteiger partial charge is 0.341 e. The number of carbonyl (C=O) groups excluding carboxylic acids is 1. The number of nitrogens with one attached hydrogen (secondary N) is 1. The average molecular weight is 276 g/mol. The highest BCUT2D eigenvalue weighted by molar-refractivity contribution is 5.82. The number of rotatable bonds is 5. The minimum Gasteiger partial charge on any atom is -0.341 e. The molecule has 2 fully saturated rings. The molecule has 1 atom stereocenters. The molecule has 0 bridgehead atoms. The maximum absolute atomic E-state index is 12.8. The van der Waals surface area contributed by atoms with Crippen LogP contribution in [0, 0.1) is 5.82 Å². The molecule has 1 unspecified atom stereocenters. The summed E-state index contributed by atoms with van der Waals surface area (Å²) in [5, 5.41) is 3.44. The Hall–Kier alpha value is -1.42. The highest BCUT2D eigenvalue weighted by Gasteiger charge is 2.32. The van der Waals surface area contributed by atoms with Gasteiger partial charge in [0.25, 0.3) is 0 Å². The van der Waals surface area contributed by atoms with E-state index in [1.54, 1.807) is 12.1 Å². The molecule has 4 heteroatoms. The highest BCUT2D eigenvalue weighted by Crippen LogP contribution is 2.22. The molecule has 3 rings (SSSR count). The van der Waals surface area contributed by atoms with E-state index in [0.29, 0.717) is 6.04 Å².